The number of nitro groups is 1. The molecule has 20 heavy (non-hydrogen) atoms. The molecule has 0 fully saturated rings. The first-order valence-electron chi connectivity index (χ1n) is 6.03. The molecule has 0 radical (unpaired) electrons. The third kappa shape index (κ3) is 3.45. The van der Waals surface area contributed by atoms with Crippen molar-refractivity contribution in [2.24, 2.45) is 0 Å². The fraction of sp³-hybridized carbons (Fsp3) is 0.385. The van der Waals surface area contributed by atoms with E-state index in [2.05, 4.69) is 0 Å². The Hall–Kier alpha value is -2.62. The van der Waals surface area contributed by atoms with Gasteiger partial charge in [0.1, 0.15) is 5.56 Å². The van der Waals surface area contributed by atoms with Crippen LogP contribution in [0.3, 0.4) is 0 Å². The Kier molecular flexibility index (Phi) is 5.03. The lowest BCUT2D eigenvalue weighted by molar-refractivity contribution is -0.385. The van der Waals surface area contributed by atoms with Crippen LogP contribution in [-0.4, -0.2) is 28.6 Å². The van der Waals surface area contributed by atoms with Crippen molar-refractivity contribution in [3.8, 4) is 6.07 Å². The number of carboxylic acid groups (broad SMARTS) is 1. The molecule has 1 N–H and O–H groups in total. The second-order valence-corrected chi connectivity index (χ2v) is 4.46. The first-order valence-corrected chi connectivity index (χ1v) is 6.03. The van der Waals surface area contributed by atoms with E-state index in [0.717, 1.165) is 0 Å². The van der Waals surface area contributed by atoms with E-state index in [4.69, 9.17) is 10.4 Å². The number of benzene rings is 1. The Morgan fingerprint density at radius 3 is 2.65 bits per heavy atom. The zero-order valence-electron chi connectivity index (χ0n) is 11.2. The van der Waals surface area contributed by atoms with Gasteiger partial charge in [0.2, 0.25) is 0 Å². The van der Waals surface area contributed by atoms with Crippen LogP contribution < -0.4 is 4.90 Å². The summed E-state index contributed by atoms with van der Waals surface area (Å²) in [7, 11) is 0. The van der Waals surface area contributed by atoms with Gasteiger partial charge in [0.25, 0.3) is 5.69 Å². The summed E-state index contributed by atoms with van der Waals surface area (Å²) in [5.74, 6) is -1.34. The van der Waals surface area contributed by atoms with E-state index in [1.165, 1.54) is 18.2 Å². The number of anilines is 1. The zero-order valence-corrected chi connectivity index (χ0v) is 11.2. The van der Waals surface area contributed by atoms with E-state index < -0.39 is 16.6 Å². The molecule has 106 valence electrons. The lowest BCUT2D eigenvalue weighted by atomic mass is 10.1. The number of hydrogen-bond donors (Lipinski definition) is 1. The fourth-order valence-corrected chi connectivity index (χ4v) is 1.89. The van der Waals surface area contributed by atoms with E-state index in [-0.39, 0.29) is 18.0 Å². The molecule has 0 amide bonds. The number of hydrogen-bond acceptors (Lipinski definition) is 5. The molecule has 0 spiro atoms. The summed E-state index contributed by atoms with van der Waals surface area (Å²) in [6, 6.07) is 6.04. The topological polar surface area (TPSA) is 107 Å². The van der Waals surface area contributed by atoms with Crippen LogP contribution in [0.1, 0.15) is 30.6 Å². The summed E-state index contributed by atoms with van der Waals surface area (Å²) in [5.41, 5.74) is -0.257. The normalized spacial score (nSPS) is 10.1. The summed E-state index contributed by atoms with van der Waals surface area (Å²) in [6.45, 7) is 4.22. The Bertz CT molecular complexity index is 563. The monoisotopic (exact) mass is 277 g/mol. The molecule has 0 heterocycles. The highest BCUT2D eigenvalue weighted by atomic mass is 16.6. The van der Waals surface area contributed by atoms with Gasteiger partial charge < -0.3 is 10.0 Å². The molecule has 1 aromatic rings. The summed E-state index contributed by atoms with van der Waals surface area (Å²) in [4.78, 5) is 23.0. The van der Waals surface area contributed by atoms with Crippen molar-refractivity contribution in [3.05, 3.63) is 33.9 Å². The quantitative estimate of drug-likeness (QED) is 0.632. The van der Waals surface area contributed by atoms with E-state index in [1.807, 2.05) is 24.8 Å². The molecule has 0 aromatic heterocycles. The van der Waals surface area contributed by atoms with Crippen LogP contribution in [0.5, 0.6) is 0 Å². The van der Waals surface area contributed by atoms with Gasteiger partial charge in [-0.2, -0.15) is 5.26 Å². The van der Waals surface area contributed by atoms with Crippen molar-refractivity contribution in [3.63, 3.8) is 0 Å². The molecular weight excluding hydrogens is 262 g/mol. The number of nitro benzene ring substituents is 1. The molecule has 0 aliphatic rings. The first-order chi connectivity index (χ1) is 9.38. The largest absolute Gasteiger partial charge is 0.477 e. The Morgan fingerprint density at radius 2 is 2.20 bits per heavy atom. The zero-order chi connectivity index (χ0) is 15.3. The minimum Gasteiger partial charge on any atom is -0.477 e. The van der Waals surface area contributed by atoms with Crippen molar-refractivity contribution < 1.29 is 14.8 Å². The molecule has 0 unspecified atom stereocenters. The van der Waals surface area contributed by atoms with Gasteiger partial charge >= 0.3 is 5.97 Å². The van der Waals surface area contributed by atoms with Gasteiger partial charge in [-0.05, 0) is 26.0 Å². The molecule has 0 atom stereocenters. The van der Waals surface area contributed by atoms with Crippen LogP contribution in [0, 0.1) is 21.4 Å². The molecule has 0 saturated heterocycles. The summed E-state index contributed by atoms with van der Waals surface area (Å²) in [6.07, 6.45) is 0.284. The van der Waals surface area contributed by atoms with Gasteiger partial charge in [0.15, 0.2) is 0 Å². The number of nitriles is 1. The van der Waals surface area contributed by atoms with Crippen LogP contribution in [0.15, 0.2) is 18.2 Å². The van der Waals surface area contributed by atoms with Crippen molar-refractivity contribution in [1.82, 2.24) is 0 Å². The molecule has 0 bridgehead atoms. The Morgan fingerprint density at radius 1 is 1.55 bits per heavy atom. The van der Waals surface area contributed by atoms with Crippen molar-refractivity contribution in [2.45, 2.75) is 26.3 Å². The van der Waals surface area contributed by atoms with Crippen LogP contribution >= 0.6 is 0 Å². The highest BCUT2D eigenvalue weighted by molar-refractivity contribution is 5.93. The maximum absolute atomic E-state index is 11.0. The predicted molar refractivity (Wildman–Crippen MR) is 72.8 cm³/mol. The summed E-state index contributed by atoms with van der Waals surface area (Å²) >= 11 is 0. The van der Waals surface area contributed by atoms with E-state index in [0.29, 0.717) is 12.2 Å². The van der Waals surface area contributed by atoms with Crippen LogP contribution in [0.25, 0.3) is 0 Å². The van der Waals surface area contributed by atoms with E-state index in [9.17, 15) is 14.9 Å². The molecule has 0 aliphatic heterocycles. The van der Waals surface area contributed by atoms with Gasteiger partial charge in [-0.15, -0.1) is 0 Å². The number of nitrogens with zero attached hydrogens (tertiary/aromatic N) is 3. The molecule has 7 heteroatoms. The van der Waals surface area contributed by atoms with E-state index >= 15 is 0 Å². The van der Waals surface area contributed by atoms with Gasteiger partial charge in [0.05, 0.1) is 17.4 Å². The first kappa shape index (κ1) is 15.4. The smallest absolute Gasteiger partial charge is 0.342 e. The van der Waals surface area contributed by atoms with Crippen LogP contribution in [-0.2, 0) is 0 Å². The molecule has 1 aromatic carbocycles. The second-order valence-electron chi connectivity index (χ2n) is 4.46. The van der Waals surface area contributed by atoms with Gasteiger partial charge in [-0.3, -0.25) is 10.1 Å². The van der Waals surface area contributed by atoms with Gasteiger partial charge in [-0.25, -0.2) is 4.79 Å². The van der Waals surface area contributed by atoms with Crippen LogP contribution in [0.4, 0.5) is 11.4 Å². The molecule has 0 aliphatic carbocycles. The van der Waals surface area contributed by atoms with Crippen LogP contribution in [0.2, 0.25) is 0 Å². The lowest BCUT2D eigenvalue weighted by Gasteiger charge is -2.28. The van der Waals surface area contributed by atoms with E-state index in [1.54, 1.807) is 0 Å². The summed E-state index contributed by atoms with van der Waals surface area (Å²) in [5, 5.41) is 28.5. The second kappa shape index (κ2) is 6.52. The number of carbonyl (C=O) groups is 1. The summed E-state index contributed by atoms with van der Waals surface area (Å²) < 4.78 is 0. The standard InChI is InChI=1S/C13H15N3O4/c1-9(2)15(7-3-6-14)10-4-5-11(13(17)18)12(8-10)16(19)20/h4-5,8-9H,3,7H2,1-2H3,(H,17,18). The van der Waals surface area contributed by atoms with Crippen molar-refractivity contribution in [2.75, 3.05) is 11.4 Å². The third-order valence-corrected chi connectivity index (χ3v) is 2.83. The maximum atomic E-state index is 11.0. The highest BCUT2D eigenvalue weighted by Crippen LogP contribution is 2.27. The predicted octanol–water partition coefficient (Wildman–Crippen LogP) is 2.42. The molecule has 0 saturated carbocycles. The SMILES string of the molecule is CC(C)N(CCC#N)c1ccc(C(=O)O)c([N+](=O)[O-])c1. The minimum absolute atomic E-state index is 0.0404. The van der Waals surface area contributed by atoms with Crippen molar-refractivity contribution in [1.29, 1.82) is 5.26 Å². The Balaban J connectivity index is 3.25. The van der Waals surface area contributed by atoms with Gasteiger partial charge in [-0.1, -0.05) is 0 Å². The molecule has 1 rings (SSSR count). The number of aromatic carboxylic acids is 1. The Labute approximate surface area is 116 Å². The fourth-order valence-electron chi connectivity index (χ4n) is 1.89. The van der Waals surface area contributed by atoms with Gasteiger partial charge in [0, 0.05) is 24.3 Å². The van der Waals surface area contributed by atoms with Crippen molar-refractivity contribution >= 4 is 17.3 Å². The number of carboxylic acids is 1. The molecule has 7 nitrogen and oxygen atoms in total. The minimum atomic E-state index is -1.34. The average Bonchev–Trinajstić information content (AvgIpc) is 2.38. The molecular formula is C13H15N3O4. The lowest BCUT2D eigenvalue weighted by Crippen LogP contribution is -2.31. The third-order valence-electron chi connectivity index (χ3n) is 2.83. The maximum Gasteiger partial charge on any atom is 0.342 e. The average molecular weight is 277 g/mol. The highest BCUT2D eigenvalue weighted by Gasteiger charge is 2.22. The number of rotatable bonds is 6.